The fourth-order valence-electron chi connectivity index (χ4n) is 3.64. The molecule has 3 nitrogen and oxygen atoms in total. The van der Waals surface area contributed by atoms with Crippen LogP contribution >= 0.6 is 0 Å². The lowest BCUT2D eigenvalue weighted by Crippen LogP contribution is -2.48. The molecule has 1 saturated carbocycles. The summed E-state index contributed by atoms with van der Waals surface area (Å²) < 4.78 is 18.5. The van der Waals surface area contributed by atoms with Crippen molar-refractivity contribution in [2.24, 2.45) is 17.1 Å². The van der Waals surface area contributed by atoms with E-state index in [1.54, 1.807) is 12.1 Å². The number of anilines is 1. The van der Waals surface area contributed by atoms with Gasteiger partial charge in [0.2, 0.25) is 0 Å². The van der Waals surface area contributed by atoms with Crippen molar-refractivity contribution < 1.29 is 9.13 Å². The highest BCUT2D eigenvalue weighted by Crippen LogP contribution is 2.48. The van der Waals surface area contributed by atoms with Crippen LogP contribution in [0.5, 0.6) is 5.75 Å². The van der Waals surface area contributed by atoms with Gasteiger partial charge < -0.3 is 15.8 Å². The topological polar surface area (TPSA) is 47.3 Å². The molecular formula is C16H25FN2O. The minimum Gasteiger partial charge on any atom is -0.494 e. The predicted molar refractivity (Wildman–Crippen MR) is 80.5 cm³/mol. The molecule has 1 aromatic carbocycles. The molecule has 0 bridgehead atoms. The number of nitrogens with two attached hydrogens (primary N) is 1. The second kappa shape index (κ2) is 5.24. The maximum atomic E-state index is 13.5. The average molecular weight is 280 g/mol. The van der Waals surface area contributed by atoms with Crippen LogP contribution in [0, 0.1) is 17.2 Å². The van der Waals surface area contributed by atoms with Crippen LogP contribution in [0.25, 0.3) is 0 Å². The van der Waals surface area contributed by atoms with Crippen molar-refractivity contribution in [2.75, 3.05) is 19.0 Å². The third-order valence-corrected chi connectivity index (χ3v) is 4.50. The zero-order chi connectivity index (χ0) is 15.0. The summed E-state index contributed by atoms with van der Waals surface area (Å²) in [5.74, 6) is 0.380. The van der Waals surface area contributed by atoms with E-state index in [1.165, 1.54) is 13.2 Å². The second-order valence-corrected chi connectivity index (χ2v) is 6.78. The largest absolute Gasteiger partial charge is 0.494 e. The molecule has 0 radical (unpaired) electrons. The van der Waals surface area contributed by atoms with E-state index in [9.17, 15) is 4.39 Å². The molecule has 4 heteroatoms. The molecule has 0 spiro atoms. The lowest BCUT2D eigenvalue weighted by molar-refractivity contribution is 0.350. The molecule has 2 unspecified atom stereocenters. The van der Waals surface area contributed by atoms with Crippen LogP contribution in [0.2, 0.25) is 0 Å². The van der Waals surface area contributed by atoms with Crippen LogP contribution in [0.15, 0.2) is 18.2 Å². The fourth-order valence-corrected chi connectivity index (χ4v) is 3.64. The number of benzene rings is 1. The van der Waals surface area contributed by atoms with Crippen LogP contribution < -0.4 is 15.8 Å². The van der Waals surface area contributed by atoms with Gasteiger partial charge in [0, 0.05) is 18.3 Å². The minimum atomic E-state index is -0.348. The Labute approximate surface area is 120 Å². The van der Waals surface area contributed by atoms with Gasteiger partial charge in [-0.3, -0.25) is 0 Å². The monoisotopic (exact) mass is 280 g/mol. The van der Waals surface area contributed by atoms with E-state index in [4.69, 9.17) is 10.5 Å². The van der Waals surface area contributed by atoms with Crippen LogP contribution in [-0.2, 0) is 0 Å². The molecule has 3 N–H and O–H groups in total. The number of hydrogen-bond donors (Lipinski definition) is 2. The summed E-state index contributed by atoms with van der Waals surface area (Å²) in [6.45, 7) is 7.34. The van der Waals surface area contributed by atoms with E-state index < -0.39 is 0 Å². The van der Waals surface area contributed by atoms with Gasteiger partial charge in [-0.1, -0.05) is 20.8 Å². The normalized spacial score (nSPS) is 28.4. The highest BCUT2D eigenvalue weighted by Gasteiger charge is 2.47. The lowest BCUT2D eigenvalue weighted by atomic mass is 9.86. The summed E-state index contributed by atoms with van der Waals surface area (Å²) >= 11 is 0. The first-order chi connectivity index (χ1) is 9.32. The molecule has 0 aliphatic heterocycles. The highest BCUT2D eigenvalue weighted by atomic mass is 19.1. The molecule has 112 valence electrons. The third-order valence-electron chi connectivity index (χ3n) is 4.50. The van der Waals surface area contributed by atoms with Crippen LogP contribution in [0.1, 0.15) is 33.6 Å². The Balaban J connectivity index is 2.27. The van der Waals surface area contributed by atoms with Gasteiger partial charge in [-0.05, 0) is 36.3 Å². The van der Waals surface area contributed by atoms with Gasteiger partial charge in [0.25, 0.3) is 0 Å². The van der Waals surface area contributed by atoms with Crippen molar-refractivity contribution in [1.82, 2.24) is 0 Å². The number of ether oxygens (including phenoxy) is 1. The zero-order valence-corrected chi connectivity index (χ0v) is 12.8. The van der Waals surface area contributed by atoms with Crippen molar-refractivity contribution in [1.29, 1.82) is 0 Å². The van der Waals surface area contributed by atoms with Crippen molar-refractivity contribution in [3.05, 3.63) is 24.0 Å². The summed E-state index contributed by atoms with van der Waals surface area (Å²) in [4.78, 5) is 0. The fraction of sp³-hybridized carbons (Fsp3) is 0.625. The number of halogens is 1. The molecule has 20 heavy (non-hydrogen) atoms. The minimum absolute atomic E-state index is 0.133. The SMILES string of the molecule is COc1cc(NC2(CN)CC(C)(C)CC2C)ccc1F. The van der Waals surface area contributed by atoms with Gasteiger partial charge in [-0.25, -0.2) is 4.39 Å². The molecule has 0 aromatic heterocycles. The van der Waals surface area contributed by atoms with Crippen LogP contribution in [0.3, 0.4) is 0 Å². The van der Waals surface area contributed by atoms with Gasteiger partial charge in [-0.15, -0.1) is 0 Å². The molecule has 0 amide bonds. The Morgan fingerprint density at radius 1 is 1.45 bits per heavy atom. The van der Waals surface area contributed by atoms with Crippen LogP contribution in [-0.4, -0.2) is 19.2 Å². The summed E-state index contributed by atoms with van der Waals surface area (Å²) in [5.41, 5.74) is 7.06. The third kappa shape index (κ3) is 2.75. The maximum Gasteiger partial charge on any atom is 0.165 e. The summed E-state index contributed by atoms with van der Waals surface area (Å²) in [5, 5.41) is 3.54. The first kappa shape index (κ1) is 15.1. The molecule has 1 fully saturated rings. The molecule has 2 atom stereocenters. The Kier molecular flexibility index (Phi) is 3.96. The Morgan fingerprint density at radius 3 is 2.65 bits per heavy atom. The van der Waals surface area contributed by atoms with Crippen molar-refractivity contribution in [3.63, 3.8) is 0 Å². The highest BCUT2D eigenvalue weighted by molar-refractivity contribution is 5.51. The average Bonchev–Trinajstić information content (AvgIpc) is 2.61. The molecule has 2 rings (SSSR count). The van der Waals surface area contributed by atoms with Gasteiger partial charge in [0.15, 0.2) is 11.6 Å². The standard InChI is InChI=1S/C16H25FN2O/c1-11-8-15(2,3)9-16(11,10-18)19-12-5-6-13(17)14(7-12)20-4/h5-7,11,19H,8-10,18H2,1-4H3. The van der Waals surface area contributed by atoms with E-state index in [2.05, 4.69) is 26.1 Å². The van der Waals surface area contributed by atoms with E-state index in [-0.39, 0.29) is 22.5 Å². The predicted octanol–water partition coefficient (Wildman–Crippen LogP) is 3.40. The van der Waals surface area contributed by atoms with Gasteiger partial charge in [0.1, 0.15) is 0 Å². The summed E-state index contributed by atoms with van der Waals surface area (Å²) in [7, 11) is 1.47. The maximum absolute atomic E-state index is 13.5. The lowest BCUT2D eigenvalue weighted by Gasteiger charge is -2.35. The quantitative estimate of drug-likeness (QED) is 0.888. The Hall–Kier alpha value is -1.29. The number of rotatable bonds is 4. The summed E-state index contributed by atoms with van der Waals surface area (Å²) in [6.07, 6.45) is 2.15. The second-order valence-electron chi connectivity index (χ2n) is 6.78. The molecule has 1 aromatic rings. The number of hydrogen-bond acceptors (Lipinski definition) is 3. The smallest absolute Gasteiger partial charge is 0.165 e. The first-order valence-electron chi connectivity index (χ1n) is 7.14. The van der Waals surface area contributed by atoms with E-state index in [0.717, 1.165) is 18.5 Å². The zero-order valence-electron chi connectivity index (χ0n) is 12.8. The Bertz CT molecular complexity index is 489. The van der Waals surface area contributed by atoms with Gasteiger partial charge in [0.05, 0.1) is 12.6 Å². The Morgan fingerprint density at radius 2 is 2.15 bits per heavy atom. The first-order valence-corrected chi connectivity index (χ1v) is 7.14. The number of nitrogens with one attached hydrogen (secondary N) is 1. The van der Waals surface area contributed by atoms with Crippen molar-refractivity contribution in [2.45, 2.75) is 39.2 Å². The molecular weight excluding hydrogens is 255 g/mol. The van der Waals surface area contributed by atoms with E-state index in [1.807, 2.05) is 0 Å². The van der Waals surface area contributed by atoms with Gasteiger partial charge >= 0.3 is 0 Å². The van der Waals surface area contributed by atoms with Crippen molar-refractivity contribution in [3.8, 4) is 5.75 Å². The molecule has 0 heterocycles. The molecule has 0 saturated heterocycles. The molecule has 1 aliphatic rings. The number of methoxy groups -OCH3 is 1. The van der Waals surface area contributed by atoms with E-state index in [0.29, 0.717) is 12.5 Å². The summed E-state index contributed by atoms with van der Waals surface area (Å²) in [6, 6.07) is 4.87. The van der Waals surface area contributed by atoms with E-state index >= 15 is 0 Å². The molecule has 1 aliphatic carbocycles. The van der Waals surface area contributed by atoms with Crippen LogP contribution in [0.4, 0.5) is 10.1 Å². The van der Waals surface area contributed by atoms with Gasteiger partial charge in [-0.2, -0.15) is 0 Å². The van der Waals surface area contributed by atoms with Crippen molar-refractivity contribution >= 4 is 5.69 Å².